The van der Waals surface area contributed by atoms with Gasteiger partial charge in [0.1, 0.15) is 11.4 Å². The van der Waals surface area contributed by atoms with Crippen molar-refractivity contribution in [1.29, 1.82) is 0 Å². The number of aliphatic hydroxyl groups is 1. The number of β-amino-alcohol motifs (C(OH)–C–C–N with tert-alkyl or cyclic N) is 1. The second-order valence-electron chi connectivity index (χ2n) is 6.53. The van der Waals surface area contributed by atoms with Crippen LogP contribution in [0.15, 0.2) is 41.3 Å². The molecule has 1 aliphatic rings. The van der Waals surface area contributed by atoms with Crippen molar-refractivity contribution < 1.29 is 23.5 Å². The van der Waals surface area contributed by atoms with Gasteiger partial charge in [0, 0.05) is 12.2 Å². The molecule has 2 aromatic heterocycles. The third-order valence-corrected chi connectivity index (χ3v) is 4.30. The monoisotopic (exact) mass is 361 g/mol. The number of carbonyl (C=O) groups excluding carboxylic acids is 2. The molecule has 0 radical (unpaired) electrons. The number of pyridine rings is 1. The molecule has 1 aliphatic heterocycles. The number of rotatable bonds is 7. The van der Waals surface area contributed by atoms with Crippen LogP contribution in [-0.2, 0) is 22.4 Å². The molecule has 0 unspecified atom stereocenters. The number of halogens is 1. The van der Waals surface area contributed by atoms with E-state index in [2.05, 4.69) is 10.3 Å². The van der Waals surface area contributed by atoms with E-state index in [1.807, 2.05) is 0 Å². The van der Waals surface area contributed by atoms with Gasteiger partial charge >= 0.3 is 0 Å². The van der Waals surface area contributed by atoms with Crippen molar-refractivity contribution in [3.63, 3.8) is 0 Å². The molecule has 8 heteroatoms. The van der Waals surface area contributed by atoms with Crippen LogP contribution in [0, 0.1) is 5.82 Å². The average molecular weight is 361 g/mol. The summed E-state index contributed by atoms with van der Waals surface area (Å²) in [6.45, 7) is 0.790. The number of nitrogens with zero attached hydrogens (tertiary/aromatic N) is 2. The van der Waals surface area contributed by atoms with Gasteiger partial charge in [-0.05, 0) is 30.2 Å². The number of aromatic nitrogens is 1. The number of nitrogens with one attached hydrogen (secondary N) is 1. The van der Waals surface area contributed by atoms with E-state index >= 15 is 0 Å². The lowest BCUT2D eigenvalue weighted by Crippen LogP contribution is -2.64. The summed E-state index contributed by atoms with van der Waals surface area (Å²) in [7, 11) is 0. The highest BCUT2D eigenvalue weighted by atomic mass is 19.1. The molecule has 0 atom stereocenters. The van der Waals surface area contributed by atoms with Gasteiger partial charge in [0.25, 0.3) is 0 Å². The molecule has 0 spiro atoms. The summed E-state index contributed by atoms with van der Waals surface area (Å²) in [5.41, 5.74) is 0.294. The minimum Gasteiger partial charge on any atom is -0.472 e. The standard InChI is InChI=1S/C18H20FN3O4/c19-14-1-2-15(21-9-14)8-16(23)20-5-4-18(25)11-22(12-18)17(24)7-13-3-6-26-10-13/h1-3,6,9-10,25H,4-5,7-8,11-12H2,(H,20,23). The Labute approximate surface area is 149 Å². The van der Waals surface area contributed by atoms with Crippen LogP contribution in [0.2, 0.25) is 0 Å². The summed E-state index contributed by atoms with van der Waals surface area (Å²) in [6.07, 6.45) is 4.75. The Morgan fingerprint density at radius 1 is 1.31 bits per heavy atom. The first-order chi connectivity index (χ1) is 12.4. The van der Waals surface area contributed by atoms with E-state index in [9.17, 15) is 19.1 Å². The highest BCUT2D eigenvalue weighted by molar-refractivity contribution is 5.80. The minimum absolute atomic E-state index is 0.0496. The van der Waals surface area contributed by atoms with Gasteiger partial charge in [-0.3, -0.25) is 14.6 Å². The lowest BCUT2D eigenvalue weighted by Gasteiger charge is -2.46. The van der Waals surface area contributed by atoms with Crippen molar-refractivity contribution in [3.05, 3.63) is 54.0 Å². The van der Waals surface area contributed by atoms with Gasteiger partial charge in [0.2, 0.25) is 11.8 Å². The number of hydrogen-bond donors (Lipinski definition) is 2. The zero-order valence-corrected chi connectivity index (χ0v) is 14.2. The van der Waals surface area contributed by atoms with Crippen LogP contribution in [0.1, 0.15) is 17.7 Å². The largest absolute Gasteiger partial charge is 0.472 e. The molecular formula is C18H20FN3O4. The van der Waals surface area contributed by atoms with Gasteiger partial charge in [-0.15, -0.1) is 0 Å². The van der Waals surface area contributed by atoms with Crippen molar-refractivity contribution in [1.82, 2.24) is 15.2 Å². The molecule has 3 rings (SSSR count). The first kappa shape index (κ1) is 18.1. The first-order valence-corrected chi connectivity index (χ1v) is 8.32. The molecule has 2 aromatic rings. The van der Waals surface area contributed by atoms with Gasteiger partial charge in [-0.25, -0.2) is 4.39 Å². The number of likely N-dealkylation sites (tertiary alicyclic amines) is 1. The van der Waals surface area contributed by atoms with Crippen molar-refractivity contribution in [2.24, 2.45) is 0 Å². The Hall–Kier alpha value is -2.74. The van der Waals surface area contributed by atoms with E-state index < -0.39 is 11.4 Å². The van der Waals surface area contributed by atoms with E-state index in [-0.39, 0.29) is 37.7 Å². The molecule has 0 aliphatic carbocycles. The molecule has 0 aromatic carbocycles. The zero-order chi connectivity index (χ0) is 18.6. The minimum atomic E-state index is -0.979. The summed E-state index contributed by atoms with van der Waals surface area (Å²) in [5.74, 6) is -0.768. The predicted molar refractivity (Wildman–Crippen MR) is 89.5 cm³/mol. The van der Waals surface area contributed by atoms with Crippen LogP contribution in [-0.4, -0.2) is 52.0 Å². The second kappa shape index (κ2) is 7.65. The molecule has 0 bridgehead atoms. The maximum Gasteiger partial charge on any atom is 0.227 e. The van der Waals surface area contributed by atoms with E-state index in [0.717, 1.165) is 11.8 Å². The molecule has 7 nitrogen and oxygen atoms in total. The van der Waals surface area contributed by atoms with Crippen LogP contribution in [0.5, 0.6) is 0 Å². The van der Waals surface area contributed by atoms with Gasteiger partial charge in [-0.1, -0.05) is 0 Å². The van der Waals surface area contributed by atoms with Crippen LogP contribution in [0.4, 0.5) is 4.39 Å². The highest BCUT2D eigenvalue weighted by Gasteiger charge is 2.42. The Bertz CT molecular complexity index is 755. The Morgan fingerprint density at radius 2 is 2.12 bits per heavy atom. The van der Waals surface area contributed by atoms with Gasteiger partial charge in [0.15, 0.2) is 0 Å². The third-order valence-electron chi connectivity index (χ3n) is 4.30. The number of furan rings is 1. The van der Waals surface area contributed by atoms with Crippen molar-refractivity contribution in [2.75, 3.05) is 19.6 Å². The SMILES string of the molecule is O=C(Cc1ccc(F)cn1)NCCC1(O)CN(C(=O)Cc2ccoc2)C1. The van der Waals surface area contributed by atoms with E-state index in [0.29, 0.717) is 18.7 Å². The fraction of sp³-hybridized carbons (Fsp3) is 0.389. The maximum absolute atomic E-state index is 12.8. The lowest BCUT2D eigenvalue weighted by atomic mass is 9.90. The topological polar surface area (TPSA) is 95.7 Å². The molecule has 2 amide bonds. The molecule has 0 saturated carbocycles. The van der Waals surface area contributed by atoms with E-state index in [4.69, 9.17) is 4.42 Å². The van der Waals surface area contributed by atoms with E-state index in [1.165, 1.54) is 24.7 Å². The average Bonchev–Trinajstić information content (AvgIpc) is 3.07. The number of hydrogen-bond acceptors (Lipinski definition) is 5. The number of carbonyl (C=O) groups is 2. The van der Waals surface area contributed by atoms with Crippen molar-refractivity contribution >= 4 is 11.8 Å². The predicted octanol–water partition coefficient (Wildman–Crippen LogP) is 0.678. The molecule has 3 heterocycles. The fourth-order valence-electron chi connectivity index (χ4n) is 2.85. The molecule has 2 N–H and O–H groups in total. The normalized spacial score (nSPS) is 15.4. The van der Waals surface area contributed by atoms with Crippen molar-refractivity contribution in [2.45, 2.75) is 24.9 Å². The Kier molecular flexibility index (Phi) is 5.32. The fourth-order valence-corrected chi connectivity index (χ4v) is 2.85. The quantitative estimate of drug-likeness (QED) is 0.756. The summed E-state index contributed by atoms with van der Waals surface area (Å²) < 4.78 is 17.7. The summed E-state index contributed by atoms with van der Waals surface area (Å²) in [4.78, 5) is 29.3. The van der Waals surface area contributed by atoms with Crippen molar-refractivity contribution in [3.8, 4) is 0 Å². The second-order valence-corrected chi connectivity index (χ2v) is 6.53. The van der Waals surface area contributed by atoms with Gasteiger partial charge in [-0.2, -0.15) is 0 Å². The van der Waals surface area contributed by atoms with Gasteiger partial charge in [0.05, 0.1) is 44.7 Å². The molecule has 1 saturated heterocycles. The molecule has 26 heavy (non-hydrogen) atoms. The van der Waals surface area contributed by atoms with E-state index in [1.54, 1.807) is 11.0 Å². The summed E-state index contributed by atoms with van der Waals surface area (Å²) >= 11 is 0. The zero-order valence-electron chi connectivity index (χ0n) is 14.2. The lowest BCUT2D eigenvalue weighted by molar-refractivity contribution is -0.155. The van der Waals surface area contributed by atoms with Crippen LogP contribution < -0.4 is 5.32 Å². The number of amides is 2. The smallest absolute Gasteiger partial charge is 0.227 e. The van der Waals surface area contributed by atoms with Gasteiger partial charge < -0.3 is 19.7 Å². The first-order valence-electron chi connectivity index (χ1n) is 8.32. The van der Waals surface area contributed by atoms with Crippen LogP contribution >= 0.6 is 0 Å². The van der Waals surface area contributed by atoms with Crippen LogP contribution in [0.25, 0.3) is 0 Å². The third kappa shape index (κ3) is 4.66. The summed E-state index contributed by atoms with van der Waals surface area (Å²) in [5, 5.41) is 13.1. The Balaban J connectivity index is 1.35. The molecule has 1 fully saturated rings. The van der Waals surface area contributed by atoms with Crippen LogP contribution in [0.3, 0.4) is 0 Å². The maximum atomic E-state index is 12.8. The molecular weight excluding hydrogens is 341 g/mol. The highest BCUT2D eigenvalue weighted by Crippen LogP contribution is 2.24. The Morgan fingerprint density at radius 3 is 2.77 bits per heavy atom. The molecule has 138 valence electrons. The summed E-state index contributed by atoms with van der Waals surface area (Å²) in [6, 6.07) is 4.44.